The van der Waals surface area contributed by atoms with Crippen LogP contribution in [0.5, 0.6) is 0 Å². The van der Waals surface area contributed by atoms with Crippen molar-refractivity contribution in [2.24, 2.45) is 0 Å². The molecule has 0 radical (unpaired) electrons. The van der Waals surface area contributed by atoms with Gasteiger partial charge in [0, 0.05) is 13.1 Å². The lowest BCUT2D eigenvalue weighted by Crippen LogP contribution is -2.42. The van der Waals surface area contributed by atoms with Crippen molar-refractivity contribution < 1.29 is 37.7 Å². The minimum atomic E-state index is -1.59. The molecular weight excluding hydrogens is 442 g/mol. The van der Waals surface area contributed by atoms with Crippen LogP contribution in [0.3, 0.4) is 0 Å². The van der Waals surface area contributed by atoms with Gasteiger partial charge in [-0.25, -0.2) is 23.2 Å². The predicted molar refractivity (Wildman–Crippen MR) is 120 cm³/mol. The first-order valence-electron chi connectivity index (χ1n) is 11.0. The second-order valence-electron chi connectivity index (χ2n) is 9.60. The highest BCUT2D eigenvalue weighted by molar-refractivity contribution is 5.68. The Kier molecular flexibility index (Phi) is 13.7. The van der Waals surface area contributed by atoms with Crippen LogP contribution in [-0.4, -0.2) is 91.1 Å². The fourth-order valence-electron chi connectivity index (χ4n) is 2.47. The zero-order chi connectivity index (χ0) is 25.7. The predicted octanol–water partition coefficient (Wildman–Crippen LogP) is 3.06. The topological polar surface area (TPSA) is 129 Å². The summed E-state index contributed by atoms with van der Waals surface area (Å²) in [7, 11) is 0. The van der Waals surface area contributed by atoms with Crippen LogP contribution in [0.4, 0.5) is 23.2 Å². The molecule has 0 heterocycles. The molecule has 2 atom stereocenters. The Bertz CT molecular complexity index is 611. The van der Waals surface area contributed by atoms with Gasteiger partial charge in [0.1, 0.15) is 23.5 Å². The highest BCUT2D eigenvalue weighted by Crippen LogP contribution is 2.07. The third-order valence-electron chi connectivity index (χ3n) is 3.82. The van der Waals surface area contributed by atoms with Gasteiger partial charge in [-0.2, -0.15) is 0 Å². The lowest BCUT2D eigenvalue weighted by molar-refractivity contribution is 0.0498. The number of rotatable bonds is 13. The first-order chi connectivity index (χ1) is 15.1. The summed E-state index contributed by atoms with van der Waals surface area (Å²) in [5.74, 6) is 0. The lowest BCUT2D eigenvalue weighted by Gasteiger charge is -2.23. The van der Waals surface area contributed by atoms with E-state index < -0.39 is 41.8 Å². The van der Waals surface area contributed by atoms with Crippen LogP contribution in [0.1, 0.15) is 54.4 Å². The van der Waals surface area contributed by atoms with E-state index >= 15 is 0 Å². The number of carbonyl (C=O) groups is 3. The van der Waals surface area contributed by atoms with Gasteiger partial charge in [-0.3, -0.25) is 0 Å². The number of unbranched alkanes of at least 4 members (excludes halogenated alkanes) is 1. The summed E-state index contributed by atoms with van der Waals surface area (Å²) in [6, 6.07) is 0. The molecule has 0 aliphatic heterocycles. The fourth-order valence-corrected chi connectivity index (χ4v) is 2.47. The molecular formula is C21H40F2N4O6. The van der Waals surface area contributed by atoms with E-state index in [2.05, 4.69) is 16.0 Å². The van der Waals surface area contributed by atoms with Crippen molar-refractivity contribution in [3.63, 3.8) is 0 Å². The summed E-state index contributed by atoms with van der Waals surface area (Å²) in [5, 5.41) is 16.7. The van der Waals surface area contributed by atoms with E-state index in [1.54, 1.807) is 41.5 Å². The Hall–Kier alpha value is -2.37. The average Bonchev–Trinajstić information content (AvgIpc) is 2.63. The van der Waals surface area contributed by atoms with Crippen molar-refractivity contribution in [3.8, 4) is 0 Å². The van der Waals surface area contributed by atoms with Crippen LogP contribution < -0.4 is 16.0 Å². The van der Waals surface area contributed by atoms with Gasteiger partial charge in [-0.1, -0.05) is 0 Å². The van der Waals surface area contributed by atoms with E-state index in [9.17, 15) is 28.3 Å². The molecule has 2 unspecified atom stereocenters. The quantitative estimate of drug-likeness (QED) is 0.297. The third kappa shape index (κ3) is 18.9. The van der Waals surface area contributed by atoms with E-state index in [1.807, 2.05) is 0 Å². The maximum Gasteiger partial charge on any atom is 0.407 e. The molecule has 194 valence electrons. The highest BCUT2D eigenvalue weighted by Gasteiger charge is 2.21. The minimum absolute atomic E-state index is 0.0152. The molecule has 0 saturated heterocycles. The van der Waals surface area contributed by atoms with Gasteiger partial charge >= 0.3 is 18.3 Å². The molecule has 0 aliphatic carbocycles. The molecule has 0 spiro atoms. The summed E-state index contributed by atoms with van der Waals surface area (Å²) in [6.45, 7) is 9.76. The SMILES string of the molecule is CC(C)(C)OC(=O)NCC(F)CNCCCCN(CC(F)CNC(=O)OC(C)(C)C)C(=O)O. The van der Waals surface area contributed by atoms with Gasteiger partial charge in [0.25, 0.3) is 0 Å². The molecule has 0 bridgehead atoms. The number of halogens is 2. The van der Waals surface area contributed by atoms with Crippen LogP contribution in [-0.2, 0) is 9.47 Å². The van der Waals surface area contributed by atoms with E-state index in [0.29, 0.717) is 19.4 Å². The molecule has 0 aromatic carbocycles. The van der Waals surface area contributed by atoms with Crippen LogP contribution in [0.15, 0.2) is 0 Å². The van der Waals surface area contributed by atoms with E-state index in [-0.39, 0.29) is 32.7 Å². The maximum atomic E-state index is 14.1. The molecule has 12 heteroatoms. The Morgan fingerprint density at radius 1 is 0.848 bits per heavy atom. The number of hydrogen-bond donors (Lipinski definition) is 4. The Morgan fingerprint density at radius 2 is 1.33 bits per heavy atom. The van der Waals surface area contributed by atoms with Crippen LogP contribution in [0.25, 0.3) is 0 Å². The first-order valence-corrected chi connectivity index (χ1v) is 11.0. The summed E-state index contributed by atoms with van der Waals surface area (Å²) in [5.41, 5.74) is -1.37. The van der Waals surface area contributed by atoms with E-state index in [1.165, 1.54) is 0 Å². The van der Waals surface area contributed by atoms with Gasteiger partial charge < -0.3 is 35.4 Å². The second kappa shape index (κ2) is 14.7. The number of nitrogens with one attached hydrogen (secondary N) is 3. The standard InChI is InChI=1S/C21H40F2N4O6/c1-20(2,3)32-17(28)25-12-15(22)11-24-9-7-8-10-27(19(30)31)14-16(23)13-26-18(29)33-21(4,5)6/h15-16,24H,7-14H2,1-6H3,(H,25,28)(H,26,29)(H,30,31). The molecule has 3 amide bonds. The van der Waals surface area contributed by atoms with Crippen LogP contribution in [0, 0.1) is 0 Å². The van der Waals surface area contributed by atoms with Gasteiger partial charge in [0.15, 0.2) is 0 Å². The van der Waals surface area contributed by atoms with Crippen molar-refractivity contribution >= 4 is 18.3 Å². The van der Waals surface area contributed by atoms with E-state index in [4.69, 9.17) is 9.47 Å². The number of carboxylic acid groups (broad SMARTS) is 1. The summed E-state index contributed by atoms with van der Waals surface area (Å²) >= 11 is 0. The molecule has 0 fully saturated rings. The molecule has 0 saturated carbocycles. The van der Waals surface area contributed by atoms with Gasteiger partial charge in [0.2, 0.25) is 0 Å². The molecule has 0 aromatic heterocycles. The van der Waals surface area contributed by atoms with E-state index in [0.717, 1.165) is 4.90 Å². The first kappa shape index (κ1) is 30.6. The summed E-state index contributed by atoms with van der Waals surface area (Å²) in [4.78, 5) is 35.3. The number of nitrogens with zero attached hydrogens (tertiary/aromatic N) is 1. The monoisotopic (exact) mass is 482 g/mol. The largest absolute Gasteiger partial charge is 0.465 e. The Morgan fingerprint density at radius 3 is 1.79 bits per heavy atom. The summed E-state index contributed by atoms with van der Waals surface area (Å²) in [6.07, 6.45) is -4.63. The summed E-state index contributed by atoms with van der Waals surface area (Å²) < 4.78 is 37.9. The Labute approximate surface area is 194 Å². The van der Waals surface area contributed by atoms with Crippen molar-refractivity contribution in [2.45, 2.75) is 77.9 Å². The molecule has 0 aromatic rings. The fraction of sp³-hybridized carbons (Fsp3) is 0.857. The number of alkyl halides is 2. The number of hydrogen-bond acceptors (Lipinski definition) is 6. The minimum Gasteiger partial charge on any atom is -0.465 e. The molecule has 10 nitrogen and oxygen atoms in total. The van der Waals surface area contributed by atoms with Gasteiger partial charge in [-0.05, 0) is 60.9 Å². The van der Waals surface area contributed by atoms with Crippen LogP contribution in [0.2, 0.25) is 0 Å². The maximum absolute atomic E-state index is 14.1. The molecule has 4 N–H and O–H groups in total. The number of alkyl carbamates (subject to hydrolysis) is 2. The Balaban J connectivity index is 4.03. The average molecular weight is 483 g/mol. The highest BCUT2D eigenvalue weighted by atomic mass is 19.1. The number of ether oxygens (including phenoxy) is 2. The molecule has 33 heavy (non-hydrogen) atoms. The number of amides is 3. The van der Waals surface area contributed by atoms with Crippen molar-refractivity contribution in [1.82, 2.24) is 20.9 Å². The zero-order valence-corrected chi connectivity index (χ0v) is 20.5. The zero-order valence-electron chi connectivity index (χ0n) is 20.5. The van der Waals surface area contributed by atoms with Crippen LogP contribution >= 0.6 is 0 Å². The lowest BCUT2D eigenvalue weighted by atomic mass is 10.2. The smallest absolute Gasteiger partial charge is 0.407 e. The normalized spacial score (nSPS) is 13.6. The van der Waals surface area contributed by atoms with Gasteiger partial charge in [-0.15, -0.1) is 0 Å². The van der Waals surface area contributed by atoms with Crippen molar-refractivity contribution in [2.75, 3.05) is 39.3 Å². The van der Waals surface area contributed by atoms with Gasteiger partial charge in [0.05, 0.1) is 19.6 Å². The molecule has 0 rings (SSSR count). The second-order valence-corrected chi connectivity index (χ2v) is 9.60. The molecule has 0 aliphatic rings. The number of carbonyl (C=O) groups excluding carboxylic acids is 2. The van der Waals surface area contributed by atoms with Crippen molar-refractivity contribution in [1.29, 1.82) is 0 Å². The third-order valence-corrected chi connectivity index (χ3v) is 3.82. The van der Waals surface area contributed by atoms with Crippen molar-refractivity contribution in [3.05, 3.63) is 0 Å².